The van der Waals surface area contributed by atoms with Crippen LogP contribution in [0, 0.1) is 5.92 Å². The van der Waals surface area contributed by atoms with E-state index in [1.54, 1.807) is 0 Å². The van der Waals surface area contributed by atoms with Crippen LogP contribution in [0.1, 0.15) is 38.2 Å². The lowest BCUT2D eigenvalue weighted by Crippen LogP contribution is -2.44. The Labute approximate surface area is 122 Å². The summed E-state index contributed by atoms with van der Waals surface area (Å²) in [7, 11) is 0. The highest BCUT2D eigenvalue weighted by Crippen LogP contribution is 2.25. The molecule has 0 aromatic heterocycles. The van der Waals surface area contributed by atoms with E-state index in [2.05, 4.69) is 24.0 Å². The molecule has 1 aliphatic carbocycles. The number of hydrogen-bond donors (Lipinski definition) is 1. The SMILES string of the molecule is CCN(C(=O)C(CN)Cc1ccccc1)C1CCCC1. The van der Waals surface area contributed by atoms with Gasteiger partial charge in [0, 0.05) is 19.1 Å². The predicted octanol–water partition coefficient (Wildman–Crippen LogP) is 2.60. The molecule has 1 fully saturated rings. The molecule has 0 aliphatic heterocycles. The second-order valence-electron chi connectivity index (χ2n) is 5.68. The Hall–Kier alpha value is -1.35. The van der Waals surface area contributed by atoms with E-state index in [1.807, 2.05) is 18.2 Å². The molecule has 0 heterocycles. The summed E-state index contributed by atoms with van der Waals surface area (Å²) in [5.41, 5.74) is 7.06. The van der Waals surface area contributed by atoms with Crippen LogP contribution in [-0.2, 0) is 11.2 Å². The van der Waals surface area contributed by atoms with E-state index in [0.717, 1.165) is 25.8 Å². The van der Waals surface area contributed by atoms with Crippen LogP contribution < -0.4 is 5.73 Å². The van der Waals surface area contributed by atoms with Gasteiger partial charge in [-0.3, -0.25) is 4.79 Å². The summed E-state index contributed by atoms with van der Waals surface area (Å²) in [5, 5.41) is 0. The lowest BCUT2D eigenvalue weighted by molar-refractivity contribution is -0.137. The zero-order chi connectivity index (χ0) is 14.4. The molecule has 0 spiro atoms. The van der Waals surface area contributed by atoms with Gasteiger partial charge >= 0.3 is 0 Å². The van der Waals surface area contributed by atoms with Crippen molar-refractivity contribution in [1.82, 2.24) is 4.90 Å². The Morgan fingerprint density at radius 3 is 2.50 bits per heavy atom. The Kier molecular flexibility index (Phi) is 5.60. The molecule has 0 saturated heterocycles. The standard InChI is InChI=1S/C17H26N2O/c1-2-19(16-10-6-7-11-16)17(20)15(13-18)12-14-8-4-3-5-9-14/h3-5,8-9,15-16H,2,6-7,10-13,18H2,1H3. The van der Waals surface area contributed by atoms with Gasteiger partial charge in [-0.1, -0.05) is 43.2 Å². The van der Waals surface area contributed by atoms with E-state index in [1.165, 1.54) is 18.4 Å². The number of hydrogen-bond acceptors (Lipinski definition) is 2. The number of amides is 1. The molecule has 110 valence electrons. The second-order valence-corrected chi connectivity index (χ2v) is 5.68. The largest absolute Gasteiger partial charge is 0.340 e. The maximum Gasteiger partial charge on any atom is 0.227 e. The average molecular weight is 274 g/mol. The number of nitrogens with zero attached hydrogens (tertiary/aromatic N) is 1. The second kappa shape index (κ2) is 7.44. The minimum Gasteiger partial charge on any atom is -0.340 e. The normalized spacial score (nSPS) is 17.1. The Morgan fingerprint density at radius 2 is 1.95 bits per heavy atom. The molecule has 3 nitrogen and oxygen atoms in total. The van der Waals surface area contributed by atoms with Crippen LogP contribution in [0.15, 0.2) is 30.3 Å². The van der Waals surface area contributed by atoms with Crippen molar-refractivity contribution in [1.29, 1.82) is 0 Å². The Bertz CT molecular complexity index is 412. The van der Waals surface area contributed by atoms with E-state index in [0.29, 0.717) is 12.6 Å². The highest BCUT2D eigenvalue weighted by atomic mass is 16.2. The fourth-order valence-electron chi connectivity index (χ4n) is 3.21. The van der Waals surface area contributed by atoms with Gasteiger partial charge in [-0.05, 0) is 31.7 Å². The summed E-state index contributed by atoms with van der Waals surface area (Å²) < 4.78 is 0. The number of carbonyl (C=O) groups excluding carboxylic acids is 1. The molecule has 1 atom stereocenters. The third-order valence-electron chi connectivity index (χ3n) is 4.35. The number of benzene rings is 1. The van der Waals surface area contributed by atoms with Gasteiger partial charge in [-0.2, -0.15) is 0 Å². The van der Waals surface area contributed by atoms with Crippen molar-refractivity contribution in [2.24, 2.45) is 11.7 Å². The summed E-state index contributed by atoms with van der Waals surface area (Å²) in [5.74, 6) is 0.156. The van der Waals surface area contributed by atoms with E-state index in [-0.39, 0.29) is 11.8 Å². The van der Waals surface area contributed by atoms with Crippen molar-refractivity contribution in [2.75, 3.05) is 13.1 Å². The lowest BCUT2D eigenvalue weighted by Gasteiger charge is -2.31. The van der Waals surface area contributed by atoms with E-state index >= 15 is 0 Å². The molecule has 3 heteroatoms. The van der Waals surface area contributed by atoms with Crippen LogP contribution in [0.4, 0.5) is 0 Å². The third kappa shape index (κ3) is 3.60. The van der Waals surface area contributed by atoms with Crippen molar-refractivity contribution in [3.63, 3.8) is 0 Å². The average Bonchev–Trinajstić information content (AvgIpc) is 3.00. The first-order valence-corrected chi connectivity index (χ1v) is 7.80. The molecule has 1 saturated carbocycles. The third-order valence-corrected chi connectivity index (χ3v) is 4.35. The van der Waals surface area contributed by atoms with Crippen molar-refractivity contribution >= 4 is 5.91 Å². The molecule has 1 aromatic rings. The minimum atomic E-state index is -0.0852. The first kappa shape index (κ1) is 15.0. The smallest absolute Gasteiger partial charge is 0.227 e. The molecule has 20 heavy (non-hydrogen) atoms. The van der Waals surface area contributed by atoms with Crippen LogP contribution >= 0.6 is 0 Å². The molecular formula is C17H26N2O. The fourth-order valence-corrected chi connectivity index (χ4v) is 3.21. The number of nitrogens with two attached hydrogens (primary N) is 1. The molecule has 1 aromatic carbocycles. The van der Waals surface area contributed by atoms with Crippen LogP contribution in [0.2, 0.25) is 0 Å². The highest BCUT2D eigenvalue weighted by molar-refractivity contribution is 5.79. The van der Waals surface area contributed by atoms with Gasteiger partial charge in [0.1, 0.15) is 0 Å². The predicted molar refractivity (Wildman–Crippen MR) is 82.3 cm³/mol. The van der Waals surface area contributed by atoms with Gasteiger partial charge < -0.3 is 10.6 Å². The quantitative estimate of drug-likeness (QED) is 0.866. The molecule has 1 unspecified atom stereocenters. The Balaban J connectivity index is 2.03. The number of carbonyl (C=O) groups is 1. The van der Waals surface area contributed by atoms with Gasteiger partial charge in [0.2, 0.25) is 5.91 Å². The summed E-state index contributed by atoms with van der Waals surface area (Å²) in [4.78, 5) is 14.8. The Morgan fingerprint density at radius 1 is 1.30 bits per heavy atom. The summed E-state index contributed by atoms with van der Waals surface area (Å²) in [6, 6.07) is 10.6. The molecule has 0 radical (unpaired) electrons. The maximum atomic E-state index is 12.7. The van der Waals surface area contributed by atoms with Gasteiger partial charge in [-0.15, -0.1) is 0 Å². The van der Waals surface area contributed by atoms with Gasteiger partial charge in [0.15, 0.2) is 0 Å². The van der Waals surface area contributed by atoms with E-state index in [4.69, 9.17) is 5.73 Å². The minimum absolute atomic E-state index is 0.0852. The number of rotatable bonds is 6. The van der Waals surface area contributed by atoms with Crippen LogP contribution in [0.3, 0.4) is 0 Å². The molecule has 1 aliphatic rings. The van der Waals surface area contributed by atoms with Crippen molar-refractivity contribution in [2.45, 2.75) is 45.1 Å². The van der Waals surface area contributed by atoms with Crippen LogP contribution in [0.5, 0.6) is 0 Å². The lowest BCUT2D eigenvalue weighted by atomic mass is 9.97. The molecule has 2 N–H and O–H groups in total. The zero-order valence-corrected chi connectivity index (χ0v) is 12.4. The molecule has 2 rings (SSSR count). The maximum absolute atomic E-state index is 12.7. The van der Waals surface area contributed by atoms with Gasteiger partial charge in [-0.25, -0.2) is 0 Å². The van der Waals surface area contributed by atoms with Crippen LogP contribution in [0.25, 0.3) is 0 Å². The van der Waals surface area contributed by atoms with Gasteiger partial charge in [0.25, 0.3) is 0 Å². The first-order valence-electron chi connectivity index (χ1n) is 7.80. The topological polar surface area (TPSA) is 46.3 Å². The molecule has 1 amide bonds. The summed E-state index contributed by atoms with van der Waals surface area (Å²) >= 11 is 0. The van der Waals surface area contributed by atoms with Gasteiger partial charge in [0.05, 0.1) is 5.92 Å². The summed E-state index contributed by atoms with van der Waals surface area (Å²) in [6.45, 7) is 3.30. The molecular weight excluding hydrogens is 248 g/mol. The van der Waals surface area contributed by atoms with Crippen molar-refractivity contribution < 1.29 is 4.79 Å². The zero-order valence-electron chi connectivity index (χ0n) is 12.4. The van der Waals surface area contributed by atoms with E-state index in [9.17, 15) is 4.79 Å². The van der Waals surface area contributed by atoms with E-state index < -0.39 is 0 Å². The first-order chi connectivity index (χ1) is 9.76. The van der Waals surface area contributed by atoms with Crippen LogP contribution in [-0.4, -0.2) is 29.9 Å². The fraction of sp³-hybridized carbons (Fsp3) is 0.588. The van der Waals surface area contributed by atoms with Crippen molar-refractivity contribution in [3.05, 3.63) is 35.9 Å². The highest BCUT2D eigenvalue weighted by Gasteiger charge is 2.29. The monoisotopic (exact) mass is 274 g/mol. The summed E-state index contributed by atoms with van der Waals surface area (Å²) in [6.07, 6.45) is 5.56. The molecule has 0 bridgehead atoms. The van der Waals surface area contributed by atoms with Crippen molar-refractivity contribution in [3.8, 4) is 0 Å².